The fourth-order valence-corrected chi connectivity index (χ4v) is 4.16. The second-order valence-corrected chi connectivity index (χ2v) is 8.99. The van der Waals surface area contributed by atoms with Gasteiger partial charge in [0.15, 0.2) is 0 Å². The molecular formula is C14H17BrClNO3S. The summed E-state index contributed by atoms with van der Waals surface area (Å²) in [7, 11) is 1.52. The Bertz CT molecular complexity index is 671. The summed E-state index contributed by atoms with van der Waals surface area (Å²) in [6.45, 7) is 4.29. The van der Waals surface area contributed by atoms with Gasteiger partial charge in [0, 0.05) is 27.3 Å². The molecule has 1 aromatic carbocycles. The van der Waals surface area contributed by atoms with Crippen LogP contribution in [0.3, 0.4) is 0 Å². The molecule has 1 amide bonds. The molecule has 21 heavy (non-hydrogen) atoms. The quantitative estimate of drug-likeness (QED) is 0.778. The first-order valence-corrected chi connectivity index (χ1v) is 9.83. The number of hydrogen-bond donors (Lipinski definition) is 1. The number of carbonyl (C=O) groups excluding carboxylic acids is 1. The molecule has 0 heterocycles. The molecule has 1 aromatic rings. The number of nitrogens with one attached hydrogen (secondary N) is 1. The zero-order valence-electron chi connectivity index (χ0n) is 11.8. The highest BCUT2D eigenvalue weighted by Crippen LogP contribution is 2.36. The average Bonchev–Trinajstić information content (AvgIpc) is 3.20. The van der Waals surface area contributed by atoms with Crippen LogP contribution in [0.4, 0.5) is 0 Å². The van der Waals surface area contributed by atoms with Crippen LogP contribution in [0.5, 0.6) is 0 Å². The highest BCUT2D eigenvalue weighted by atomic mass is 79.9. The minimum Gasteiger partial charge on any atom is -0.352 e. The number of amides is 1. The van der Waals surface area contributed by atoms with Crippen molar-refractivity contribution < 1.29 is 13.2 Å². The summed E-state index contributed by atoms with van der Waals surface area (Å²) >= 11 is 3.22. The van der Waals surface area contributed by atoms with Gasteiger partial charge in [-0.15, -0.1) is 0 Å². The van der Waals surface area contributed by atoms with Crippen molar-refractivity contribution >= 4 is 41.6 Å². The number of benzene rings is 1. The van der Waals surface area contributed by atoms with E-state index >= 15 is 0 Å². The lowest BCUT2D eigenvalue weighted by atomic mass is 10.1. The van der Waals surface area contributed by atoms with Crippen LogP contribution in [0.15, 0.2) is 21.5 Å². The van der Waals surface area contributed by atoms with E-state index in [1.54, 1.807) is 13.0 Å². The van der Waals surface area contributed by atoms with Gasteiger partial charge in [0.1, 0.15) is 0 Å². The lowest BCUT2D eigenvalue weighted by Crippen LogP contribution is -2.29. The molecule has 116 valence electrons. The largest absolute Gasteiger partial charge is 0.352 e. The van der Waals surface area contributed by atoms with Crippen LogP contribution < -0.4 is 5.32 Å². The Hall–Kier alpha value is -0.590. The van der Waals surface area contributed by atoms with Gasteiger partial charge in [-0.05, 0) is 49.3 Å². The molecule has 1 N–H and O–H groups in total. The first-order chi connectivity index (χ1) is 9.70. The standard InChI is InChI=1S/C14H17BrClNO3S/c1-8(10-3-4-10)7-17-14(18)12-5-11(15)6-13(9(12)2)21(16,19)20/h5-6,8,10H,3-4,7H2,1-2H3,(H,17,18). The van der Waals surface area contributed by atoms with E-state index in [1.807, 2.05) is 0 Å². The molecule has 1 saturated carbocycles. The summed E-state index contributed by atoms with van der Waals surface area (Å²) < 4.78 is 23.6. The topological polar surface area (TPSA) is 63.2 Å². The second kappa shape index (κ2) is 6.26. The van der Waals surface area contributed by atoms with E-state index in [0.29, 0.717) is 34.0 Å². The van der Waals surface area contributed by atoms with Crippen LogP contribution in [0.2, 0.25) is 0 Å². The molecule has 1 atom stereocenters. The second-order valence-electron chi connectivity index (χ2n) is 5.54. The zero-order chi connectivity index (χ0) is 15.8. The maximum atomic E-state index is 12.3. The first-order valence-electron chi connectivity index (χ1n) is 6.73. The maximum absolute atomic E-state index is 12.3. The molecule has 0 spiro atoms. The van der Waals surface area contributed by atoms with Gasteiger partial charge in [-0.2, -0.15) is 0 Å². The maximum Gasteiger partial charge on any atom is 0.261 e. The lowest BCUT2D eigenvalue weighted by molar-refractivity contribution is 0.0945. The summed E-state index contributed by atoms with van der Waals surface area (Å²) in [4.78, 5) is 12.2. The van der Waals surface area contributed by atoms with Crippen molar-refractivity contribution in [3.63, 3.8) is 0 Å². The SMILES string of the molecule is Cc1c(C(=O)NCC(C)C2CC2)cc(Br)cc1S(=O)(=O)Cl. The van der Waals surface area contributed by atoms with Crippen LogP contribution >= 0.6 is 26.6 Å². The molecule has 2 rings (SSSR count). The van der Waals surface area contributed by atoms with Gasteiger partial charge in [0.05, 0.1) is 4.90 Å². The number of carbonyl (C=O) groups is 1. The van der Waals surface area contributed by atoms with E-state index in [-0.39, 0.29) is 10.8 Å². The van der Waals surface area contributed by atoms with Gasteiger partial charge in [0.2, 0.25) is 0 Å². The summed E-state index contributed by atoms with van der Waals surface area (Å²) in [5, 5.41) is 2.87. The van der Waals surface area contributed by atoms with Crippen molar-refractivity contribution in [2.75, 3.05) is 6.54 Å². The van der Waals surface area contributed by atoms with Gasteiger partial charge in [-0.25, -0.2) is 8.42 Å². The minimum absolute atomic E-state index is 0.0427. The van der Waals surface area contributed by atoms with E-state index in [2.05, 4.69) is 28.2 Å². The Morgan fingerprint density at radius 3 is 2.62 bits per heavy atom. The van der Waals surface area contributed by atoms with Crippen LogP contribution in [0.25, 0.3) is 0 Å². The highest BCUT2D eigenvalue weighted by molar-refractivity contribution is 9.10. The molecule has 1 aliphatic rings. The molecule has 1 fully saturated rings. The van der Waals surface area contributed by atoms with Crippen molar-refractivity contribution in [3.05, 3.63) is 27.7 Å². The molecule has 1 aliphatic carbocycles. The number of rotatable bonds is 5. The monoisotopic (exact) mass is 393 g/mol. The highest BCUT2D eigenvalue weighted by Gasteiger charge is 2.28. The third-order valence-electron chi connectivity index (χ3n) is 3.84. The fraction of sp³-hybridized carbons (Fsp3) is 0.500. The molecule has 4 nitrogen and oxygen atoms in total. The van der Waals surface area contributed by atoms with E-state index in [0.717, 1.165) is 0 Å². The summed E-state index contributed by atoms with van der Waals surface area (Å²) in [5.41, 5.74) is 0.691. The van der Waals surface area contributed by atoms with E-state index in [4.69, 9.17) is 10.7 Å². The predicted octanol–water partition coefficient (Wildman–Crippen LogP) is 3.46. The van der Waals surface area contributed by atoms with Gasteiger partial charge in [-0.1, -0.05) is 22.9 Å². The smallest absolute Gasteiger partial charge is 0.261 e. The zero-order valence-corrected chi connectivity index (χ0v) is 15.0. The minimum atomic E-state index is -3.88. The Morgan fingerprint density at radius 2 is 2.10 bits per heavy atom. The van der Waals surface area contributed by atoms with Gasteiger partial charge in [-0.3, -0.25) is 4.79 Å². The van der Waals surface area contributed by atoms with Crippen LogP contribution in [0.1, 0.15) is 35.7 Å². The Balaban J connectivity index is 2.22. The lowest BCUT2D eigenvalue weighted by Gasteiger charge is -2.14. The summed E-state index contributed by atoms with van der Waals surface area (Å²) in [6, 6.07) is 3.01. The summed E-state index contributed by atoms with van der Waals surface area (Å²) in [5.74, 6) is 0.869. The molecule has 0 aromatic heterocycles. The van der Waals surface area contributed by atoms with Crippen LogP contribution in [-0.4, -0.2) is 20.9 Å². The van der Waals surface area contributed by atoms with Gasteiger partial charge in [0.25, 0.3) is 15.0 Å². The third-order valence-corrected chi connectivity index (χ3v) is 5.75. The van der Waals surface area contributed by atoms with Crippen molar-refractivity contribution in [3.8, 4) is 0 Å². The summed E-state index contributed by atoms with van der Waals surface area (Å²) in [6.07, 6.45) is 2.45. The molecule has 0 bridgehead atoms. The molecular weight excluding hydrogens is 378 g/mol. The van der Waals surface area contributed by atoms with Crippen LogP contribution in [0, 0.1) is 18.8 Å². The number of halogens is 2. The normalized spacial score (nSPS) is 16.6. The Morgan fingerprint density at radius 1 is 1.48 bits per heavy atom. The molecule has 1 unspecified atom stereocenters. The van der Waals surface area contributed by atoms with Crippen molar-refractivity contribution in [1.29, 1.82) is 0 Å². The number of hydrogen-bond acceptors (Lipinski definition) is 3. The third kappa shape index (κ3) is 4.20. The van der Waals surface area contributed by atoms with E-state index in [1.165, 1.54) is 18.9 Å². The molecule has 7 heteroatoms. The van der Waals surface area contributed by atoms with E-state index in [9.17, 15) is 13.2 Å². The molecule has 0 aliphatic heterocycles. The van der Waals surface area contributed by atoms with Gasteiger partial charge >= 0.3 is 0 Å². The molecule has 0 radical (unpaired) electrons. The van der Waals surface area contributed by atoms with E-state index < -0.39 is 9.05 Å². The average molecular weight is 395 g/mol. The fourth-order valence-electron chi connectivity index (χ4n) is 2.32. The van der Waals surface area contributed by atoms with Gasteiger partial charge < -0.3 is 5.32 Å². The van der Waals surface area contributed by atoms with Crippen LogP contribution in [-0.2, 0) is 9.05 Å². The Kier molecular flexibility index (Phi) is 5.00. The van der Waals surface area contributed by atoms with Crippen molar-refractivity contribution in [2.45, 2.75) is 31.6 Å². The van der Waals surface area contributed by atoms with Crippen molar-refractivity contribution in [1.82, 2.24) is 5.32 Å². The first kappa shape index (κ1) is 16.8. The Labute approximate surface area is 137 Å². The van der Waals surface area contributed by atoms with Crippen molar-refractivity contribution in [2.24, 2.45) is 11.8 Å². The molecule has 0 saturated heterocycles. The predicted molar refractivity (Wildman–Crippen MR) is 86.1 cm³/mol.